The Morgan fingerprint density at radius 2 is 0.571 bits per heavy atom. The Morgan fingerprint density at radius 1 is 0.357 bits per heavy atom. The normalized spacial score (nSPS) is 12.5. The molecule has 0 bridgehead atoms. The summed E-state index contributed by atoms with van der Waals surface area (Å²) in [6, 6.07) is 0.470. The van der Waals surface area contributed by atoms with Gasteiger partial charge in [0.05, 0.1) is 0 Å². The van der Waals surface area contributed by atoms with Crippen molar-refractivity contribution in [3.63, 3.8) is 0 Å². The van der Waals surface area contributed by atoms with E-state index in [0.717, 1.165) is 0 Å². The maximum atomic E-state index is 6.29. The number of hydrogen-bond acceptors (Lipinski definition) is 1. The highest BCUT2D eigenvalue weighted by atomic mass is 14.6. The van der Waals surface area contributed by atoms with Gasteiger partial charge in [-0.1, -0.05) is 155 Å². The Labute approximate surface area is 180 Å². The second-order valence-corrected chi connectivity index (χ2v) is 9.41. The Morgan fingerprint density at radius 3 is 0.821 bits per heavy atom. The van der Waals surface area contributed by atoms with Crippen LogP contribution in [0.1, 0.15) is 168 Å². The first-order valence-electron chi connectivity index (χ1n) is 13.6. The van der Waals surface area contributed by atoms with Crippen molar-refractivity contribution in [1.82, 2.24) is 0 Å². The molecule has 28 heavy (non-hydrogen) atoms. The molecular formula is C27H57N. The third-order valence-electron chi connectivity index (χ3n) is 6.36. The van der Waals surface area contributed by atoms with Crippen molar-refractivity contribution in [1.29, 1.82) is 0 Å². The van der Waals surface area contributed by atoms with E-state index in [0.29, 0.717) is 6.04 Å². The van der Waals surface area contributed by atoms with Gasteiger partial charge in [-0.2, -0.15) is 0 Å². The first kappa shape index (κ1) is 28.0. The lowest BCUT2D eigenvalue weighted by atomic mass is 10.0. The van der Waals surface area contributed by atoms with Gasteiger partial charge in [0.25, 0.3) is 0 Å². The maximum absolute atomic E-state index is 6.29. The third kappa shape index (κ3) is 24.0. The first-order valence-corrected chi connectivity index (χ1v) is 13.6. The Kier molecular flexibility index (Phi) is 25.0. The second kappa shape index (κ2) is 25.0. The van der Waals surface area contributed by atoms with Gasteiger partial charge in [0.15, 0.2) is 0 Å². The molecule has 0 aliphatic carbocycles. The highest BCUT2D eigenvalue weighted by molar-refractivity contribution is 4.62. The fourth-order valence-electron chi connectivity index (χ4n) is 4.29. The van der Waals surface area contributed by atoms with Crippen molar-refractivity contribution in [3.8, 4) is 0 Å². The van der Waals surface area contributed by atoms with Crippen LogP contribution in [-0.2, 0) is 0 Å². The van der Waals surface area contributed by atoms with Crippen LogP contribution in [0.4, 0.5) is 0 Å². The summed E-state index contributed by atoms with van der Waals surface area (Å²) in [5.74, 6) is 0. The van der Waals surface area contributed by atoms with Gasteiger partial charge < -0.3 is 5.73 Å². The lowest BCUT2D eigenvalue weighted by Crippen LogP contribution is -2.19. The molecular weight excluding hydrogens is 338 g/mol. The molecule has 0 saturated heterocycles. The zero-order valence-electron chi connectivity index (χ0n) is 20.1. The summed E-state index contributed by atoms with van der Waals surface area (Å²) < 4.78 is 0. The van der Waals surface area contributed by atoms with Crippen LogP contribution in [0.15, 0.2) is 0 Å². The zero-order chi connectivity index (χ0) is 20.5. The predicted octanol–water partition coefficient (Wildman–Crippen LogP) is 9.72. The van der Waals surface area contributed by atoms with Crippen molar-refractivity contribution in [3.05, 3.63) is 0 Å². The minimum absolute atomic E-state index is 0.470. The molecule has 0 saturated carbocycles. The van der Waals surface area contributed by atoms with Crippen molar-refractivity contribution in [2.24, 2.45) is 5.73 Å². The molecule has 0 fully saturated rings. The summed E-state index contributed by atoms with van der Waals surface area (Å²) in [5, 5.41) is 0. The number of rotatable bonds is 24. The van der Waals surface area contributed by atoms with Gasteiger partial charge in [0, 0.05) is 6.04 Å². The van der Waals surface area contributed by atoms with Crippen LogP contribution >= 0.6 is 0 Å². The lowest BCUT2D eigenvalue weighted by Gasteiger charge is -2.11. The molecule has 2 N–H and O–H groups in total. The Balaban J connectivity index is 3.10. The van der Waals surface area contributed by atoms with E-state index >= 15 is 0 Å². The lowest BCUT2D eigenvalue weighted by molar-refractivity contribution is 0.479. The molecule has 0 rings (SSSR count). The molecule has 1 nitrogen and oxygen atoms in total. The van der Waals surface area contributed by atoms with Gasteiger partial charge >= 0.3 is 0 Å². The van der Waals surface area contributed by atoms with E-state index in [2.05, 4.69) is 13.8 Å². The number of unbranched alkanes of at least 4 members (excludes halogenated alkanes) is 20. The van der Waals surface area contributed by atoms with Crippen LogP contribution in [0, 0.1) is 0 Å². The van der Waals surface area contributed by atoms with Crippen molar-refractivity contribution >= 4 is 0 Å². The van der Waals surface area contributed by atoms with Crippen molar-refractivity contribution in [2.75, 3.05) is 0 Å². The average Bonchev–Trinajstić information content (AvgIpc) is 2.70. The highest BCUT2D eigenvalue weighted by Gasteiger charge is 2.02. The highest BCUT2D eigenvalue weighted by Crippen LogP contribution is 2.15. The number of nitrogens with two attached hydrogens (primary N) is 1. The van der Waals surface area contributed by atoms with Crippen LogP contribution in [0.3, 0.4) is 0 Å². The molecule has 0 aliphatic heterocycles. The molecule has 1 atom stereocenters. The predicted molar refractivity (Wildman–Crippen MR) is 130 cm³/mol. The second-order valence-electron chi connectivity index (χ2n) is 9.41. The molecule has 0 aliphatic rings. The summed E-state index contributed by atoms with van der Waals surface area (Å²) >= 11 is 0. The van der Waals surface area contributed by atoms with E-state index in [-0.39, 0.29) is 0 Å². The Bertz CT molecular complexity index is 263. The fourth-order valence-corrected chi connectivity index (χ4v) is 4.29. The SMILES string of the molecule is CCCCCCCCCCCCCCCCCC(N)CCCCCCCCC. The average molecular weight is 396 g/mol. The van der Waals surface area contributed by atoms with Crippen molar-refractivity contribution < 1.29 is 0 Å². The Hall–Kier alpha value is -0.0400. The minimum atomic E-state index is 0.470. The summed E-state index contributed by atoms with van der Waals surface area (Å²) in [7, 11) is 0. The summed E-state index contributed by atoms with van der Waals surface area (Å²) in [5.41, 5.74) is 6.29. The van der Waals surface area contributed by atoms with Crippen LogP contribution in [0.25, 0.3) is 0 Å². The van der Waals surface area contributed by atoms with Crippen LogP contribution in [0.2, 0.25) is 0 Å². The monoisotopic (exact) mass is 395 g/mol. The fraction of sp³-hybridized carbons (Fsp3) is 1.00. The molecule has 0 spiro atoms. The van der Waals surface area contributed by atoms with Crippen LogP contribution in [0.5, 0.6) is 0 Å². The van der Waals surface area contributed by atoms with Gasteiger partial charge in [0.2, 0.25) is 0 Å². The molecule has 0 radical (unpaired) electrons. The topological polar surface area (TPSA) is 26.0 Å². The minimum Gasteiger partial charge on any atom is -0.328 e. The molecule has 0 aromatic rings. The molecule has 170 valence electrons. The molecule has 0 amide bonds. The molecule has 1 unspecified atom stereocenters. The quantitative estimate of drug-likeness (QED) is 0.162. The molecule has 0 heterocycles. The summed E-state index contributed by atoms with van der Waals surface area (Å²) in [4.78, 5) is 0. The van der Waals surface area contributed by atoms with E-state index in [1.165, 1.54) is 154 Å². The van der Waals surface area contributed by atoms with Crippen LogP contribution in [-0.4, -0.2) is 6.04 Å². The summed E-state index contributed by atoms with van der Waals surface area (Å²) in [6.07, 6.45) is 34.0. The van der Waals surface area contributed by atoms with Gasteiger partial charge in [-0.3, -0.25) is 0 Å². The summed E-state index contributed by atoms with van der Waals surface area (Å²) in [6.45, 7) is 4.59. The molecule has 0 aromatic heterocycles. The van der Waals surface area contributed by atoms with Gasteiger partial charge in [-0.05, 0) is 12.8 Å². The van der Waals surface area contributed by atoms with E-state index in [1.54, 1.807) is 0 Å². The molecule has 1 heteroatoms. The van der Waals surface area contributed by atoms with E-state index in [4.69, 9.17) is 5.73 Å². The maximum Gasteiger partial charge on any atom is 0.00388 e. The largest absolute Gasteiger partial charge is 0.328 e. The van der Waals surface area contributed by atoms with E-state index < -0.39 is 0 Å². The standard InChI is InChI=1S/C27H57N/c1-3-5-7-9-11-12-13-14-15-16-17-18-20-22-24-26-27(28)25-23-21-19-10-8-6-4-2/h27H,3-26,28H2,1-2H3. The number of hydrogen-bond donors (Lipinski definition) is 1. The van der Waals surface area contributed by atoms with E-state index in [9.17, 15) is 0 Å². The first-order chi connectivity index (χ1) is 13.8. The van der Waals surface area contributed by atoms with Gasteiger partial charge in [-0.15, -0.1) is 0 Å². The van der Waals surface area contributed by atoms with Crippen LogP contribution < -0.4 is 5.73 Å². The van der Waals surface area contributed by atoms with Gasteiger partial charge in [0.1, 0.15) is 0 Å². The zero-order valence-corrected chi connectivity index (χ0v) is 20.1. The van der Waals surface area contributed by atoms with E-state index in [1.807, 2.05) is 0 Å². The third-order valence-corrected chi connectivity index (χ3v) is 6.36. The smallest absolute Gasteiger partial charge is 0.00388 e. The molecule has 0 aromatic carbocycles. The van der Waals surface area contributed by atoms with Crippen molar-refractivity contribution in [2.45, 2.75) is 174 Å². The van der Waals surface area contributed by atoms with Gasteiger partial charge in [-0.25, -0.2) is 0 Å².